The number of aromatic nitrogens is 1. The topological polar surface area (TPSA) is 87.6 Å². The van der Waals surface area contributed by atoms with Gasteiger partial charge in [-0.15, -0.1) is 0 Å². The standard InChI is InChI=1S/C15H15ClN2O4S/c16-11-7-8-17-14-10(11)4-3-6-13(14)23(21,22)18-9-2-1-5-12(18)15(19)20/h3-4,6-8,12H,1-2,5,9H2,(H,19,20). The first-order valence-electron chi connectivity index (χ1n) is 7.21. The van der Waals surface area contributed by atoms with Gasteiger partial charge in [-0.05, 0) is 31.4 Å². The predicted molar refractivity (Wildman–Crippen MR) is 85.9 cm³/mol. The number of fused-ring (bicyclic) bond motifs is 1. The highest BCUT2D eigenvalue weighted by atomic mass is 35.5. The maximum atomic E-state index is 13.0. The predicted octanol–water partition coefficient (Wildman–Crippen LogP) is 2.52. The van der Waals surface area contributed by atoms with E-state index in [0.717, 1.165) is 4.31 Å². The maximum absolute atomic E-state index is 13.0. The number of carboxylic acids is 1. The summed E-state index contributed by atoms with van der Waals surface area (Å²) in [5.41, 5.74) is 0.259. The molecule has 0 amide bonds. The zero-order valence-electron chi connectivity index (χ0n) is 12.1. The van der Waals surface area contributed by atoms with Gasteiger partial charge in [-0.25, -0.2) is 8.42 Å². The summed E-state index contributed by atoms with van der Waals surface area (Å²) in [5.74, 6) is -1.13. The van der Waals surface area contributed by atoms with Crippen molar-refractivity contribution in [3.8, 4) is 0 Å². The third-order valence-electron chi connectivity index (χ3n) is 4.01. The van der Waals surface area contributed by atoms with E-state index in [0.29, 0.717) is 29.7 Å². The summed E-state index contributed by atoms with van der Waals surface area (Å²) in [4.78, 5) is 15.5. The number of carbonyl (C=O) groups is 1. The van der Waals surface area contributed by atoms with Crippen LogP contribution in [0.2, 0.25) is 5.02 Å². The summed E-state index contributed by atoms with van der Waals surface area (Å²) in [5, 5.41) is 10.3. The van der Waals surface area contributed by atoms with Crippen LogP contribution >= 0.6 is 11.6 Å². The van der Waals surface area contributed by atoms with E-state index in [1.807, 2.05) is 0 Å². The number of nitrogens with zero attached hydrogens (tertiary/aromatic N) is 2. The van der Waals surface area contributed by atoms with Gasteiger partial charge in [0.05, 0.1) is 10.5 Å². The Morgan fingerprint density at radius 3 is 2.83 bits per heavy atom. The van der Waals surface area contributed by atoms with Gasteiger partial charge >= 0.3 is 5.97 Å². The molecule has 2 aromatic rings. The van der Waals surface area contributed by atoms with Crippen LogP contribution in [0.3, 0.4) is 0 Å². The molecule has 8 heteroatoms. The van der Waals surface area contributed by atoms with Gasteiger partial charge in [0.2, 0.25) is 10.0 Å². The van der Waals surface area contributed by atoms with Crippen molar-refractivity contribution in [2.45, 2.75) is 30.2 Å². The summed E-state index contributed by atoms with van der Waals surface area (Å²) in [6.45, 7) is 0.191. The van der Waals surface area contributed by atoms with Crippen LogP contribution in [0.25, 0.3) is 10.9 Å². The molecule has 6 nitrogen and oxygen atoms in total. The lowest BCUT2D eigenvalue weighted by atomic mass is 10.1. The number of sulfonamides is 1. The van der Waals surface area contributed by atoms with E-state index in [1.165, 1.54) is 12.3 Å². The molecular formula is C15H15ClN2O4S. The van der Waals surface area contributed by atoms with Crippen molar-refractivity contribution >= 4 is 38.5 Å². The second-order valence-corrected chi connectivity index (χ2v) is 7.68. The highest BCUT2D eigenvalue weighted by Gasteiger charge is 2.38. The number of carboxylic acid groups (broad SMARTS) is 1. The van der Waals surface area contributed by atoms with Gasteiger partial charge in [-0.3, -0.25) is 9.78 Å². The van der Waals surface area contributed by atoms with Crippen LogP contribution in [0.15, 0.2) is 35.4 Å². The Labute approximate surface area is 138 Å². The van der Waals surface area contributed by atoms with Crippen LogP contribution in [0, 0.1) is 0 Å². The largest absolute Gasteiger partial charge is 0.480 e. The van der Waals surface area contributed by atoms with Gasteiger partial charge < -0.3 is 5.11 Å². The highest BCUT2D eigenvalue weighted by molar-refractivity contribution is 7.89. The maximum Gasteiger partial charge on any atom is 0.322 e. The van der Waals surface area contributed by atoms with Crippen molar-refractivity contribution in [3.63, 3.8) is 0 Å². The van der Waals surface area contributed by atoms with E-state index in [2.05, 4.69) is 4.98 Å². The van der Waals surface area contributed by atoms with Gasteiger partial charge in [-0.2, -0.15) is 4.31 Å². The van der Waals surface area contributed by atoms with Gasteiger partial charge in [0.25, 0.3) is 0 Å². The lowest BCUT2D eigenvalue weighted by Gasteiger charge is -2.32. The number of hydrogen-bond donors (Lipinski definition) is 1. The highest BCUT2D eigenvalue weighted by Crippen LogP contribution is 2.31. The molecule has 1 saturated heterocycles. The van der Waals surface area contributed by atoms with Gasteiger partial charge in [0.1, 0.15) is 10.9 Å². The fourth-order valence-electron chi connectivity index (χ4n) is 2.89. The number of aliphatic carboxylic acids is 1. The number of hydrogen-bond acceptors (Lipinski definition) is 4. The molecule has 1 aliphatic rings. The Morgan fingerprint density at radius 1 is 1.30 bits per heavy atom. The van der Waals surface area contributed by atoms with Gasteiger partial charge in [-0.1, -0.05) is 23.7 Å². The van der Waals surface area contributed by atoms with Gasteiger partial charge in [0.15, 0.2) is 0 Å². The summed E-state index contributed by atoms with van der Waals surface area (Å²) < 4.78 is 27.1. The van der Waals surface area contributed by atoms with E-state index >= 15 is 0 Å². The minimum Gasteiger partial charge on any atom is -0.480 e. The SMILES string of the molecule is O=C(O)C1CCCCN1S(=O)(=O)c1cccc2c(Cl)ccnc12. The third kappa shape index (κ3) is 2.80. The molecule has 0 spiro atoms. The van der Waals surface area contributed by atoms with Crippen LogP contribution < -0.4 is 0 Å². The Kier molecular flexibility index (Phi) is 4.27. The summed E-state index contributed by atoms with van der Waals surface area (Å²) in [7, 11) is -3.97. The van der Waals surface area contributed by atoms with Gasteiger partial charge in [0, 0.05) is 18.1 Å². The lowest BCUT2D eigenvalue weighted by Crippen LogP contribution is -2.47. The van der Waals surface area contributed by atoms with Crippen molar-refractivity contribution < 1.29 is 18.3 Å². The second-order valence-electron chi connectivity index (χ2n) is 5.41. The van der Waals surface area contributed by atoms with E-state index in [-0.39, 0.29) is 17.0 Å². The molecule has 1 aliphatic heterocycles. The number of para-hydroxylation sites is 1. The average molecular weight is 355 g/mol. The molecule has 1 N–H and O–H groups in total. The molecule has 23 heavy (non-hydrogen) atoms. The van der Waals surface area contributed by atoms with Crippen LogP contribution in [0.5, 0.6) is 0 Å². The summed E-state index contributed by atoms with van der Waals surface area (Å²) >= 11 is 6.10. The molecule has 1 atom stereocenters. The first-order chi connectivity index (χ1) is 10.9. The first-order valence-corrected chi connectivity index (χ1v) is 9.02. The molecule has 1 aromatic carbocycles. The van der Waals surface area contributed by atoms with E-state index in [9.17, 15) is 18.3 Å². The molecule has 0 bridgehead atoms. The van der Waals surface area contributed by atoms with E-state index in [4.69, 9.17) is 11.6 Å². The summed E-state index contributed by atoms with van der Waals surface area (Å²) in [6.07, 6.45) is 3.09. The zero-order chi connectivity index (χ0) is 16.6. The van der Waals surface area contributed by atoms with Crippen molar-refractivity contribution in [3.05, 3.63) is 35.5 Å². The van der Waals surface area contributed by atoms with Crippen molar-refractivity contribution in [2.75, 3.05) is 6.54 Å². The van der Waals surface area contributed by atoms with Crippen molar-refractivity contribution in [2.24, 2.45) is 0 Å². The van der Waals surface area contributed by atoms with Crippen molar-refractivity contribution in [1.82, 2.24) is 9.29 Å². The van der Waals surface area contributed by atoms with Crippen LogP contribution in [-0.4, -0.2) is 41.4 Å². The Bertz CT molecular complexity index is 869. The Morgan fingerprint density at radius 2 is 2.09 bits per heavy atom. The van der Waals surface area contributed by atoms with E-state index < -0.39 is 22.0 Å². The van der Waals surface area contributed by atoms with Crippen LogP contribution in [0.1, 0.15) is 19.3 Å². The first kappa shape index (κ1) is 16.2. The fraction of sp³-hybridized carbons (Fsp3) is 0.333. The Hall–Kier alpha value is -1.70. The molecule has 2 heterocycles. The molecule has 0 aliphatic carbocycles. The molecule has 1 aromatic heterocycles. The van der Waals surface area contributed by atoms with Crippen molar-refractivity contribution in [1.29, 1.82) is 0 Å². The Balaban J connectivity index is 2.16. The number of halogens is 1. The molecular weight excluding hydrogens is 340 g/mol. The number of piperidine rings is 1. The lowest BCUT2D eigenvalue weighted by molar-refractivity contribution is -0.142. The quantitative estimate of drug-likeness (QED) is 0.915. The molecule has 1 fully saturated rings. The minimum atomic E-state index is -3.97. The fourth-order valence-corrected chi connectivity index (χ4v) is 4.91. The zero-order valence-corrected chi connectivity index (χ0v) is 13.7. The molecule has 0 saturated carbocycles. The molecule has 122 valence electrons. The average Bonchev–Trinajstić information content (AvgIpc) is 2.54. The number of pyridine rings is 1. The van der Waals surface area contributed by atoms with E-state index in [1.54, 1.807) is 18.2 Å². The normalized spacial score (nSPS) is 19.8. The molecule has 3 rings (SSSR count). The second kappa shape index (κ2) is 6.07. The minimum absolute atomic E-state index is 0.00866. The summed E-state index contributed by atoms with van der Waals surface area (Å²) in [6, 6.07) is 5.26. The smallest absolute Gasteiger partial charge is 0.322 e. The van der Waals surface area contributed by atoms with Crippen LogP contribution in [0.4, 0.5) is 0 Å². The number of benzene rings is 1. The van der Waals surface area contributed by atoms with Crippen LogP contribution in [-0.2, 0) is 14.8 Å². The molecule has 1 unspecified atom stereocenters. The monoisotopic (exact) mass is 354 g/mol. The number of rotatable bonds is 3. The third-order valence-corrected chi connectivity index (χ3v) is 6.28. The molecule has 0 radical (unpaired) electrons.